The second-order valence-corrected chi connectivity index (χ2v) is 6.64. The van der Waals surface area contributed by atoms with Crippen LogP contribution in [0.3, 0.4) is 0 Å². The molecule has 5 heteroatoms. The Hall–Kier alpha value is -3.05. The van der Waals surface area contributed by atoms with Gasteiger partial charge < -0.3 is 5.32 Å². The molecule has 0 atom stereocenters. The molecule has 4 aromatic rings. The molecule has 122 valence electrons. The molecule has 1 amide bonds. The van der Waals surface area contributed by atoms with Gasteiger partial charge >= 0.3 is 0 Å². The number of anilines is 1. The minimum atomic E-state index is -0.181. The molecule has 2 aromatic carbocycles. The number of carbonyl (C=O) groups excluding carboxylic acids is 1. The zero-order valence-electron chi connectivity index (χ0n) is 13.6. The number of rotatable bonds is 3. The van der Waals surface area contributed by atoms with E-state index in [-0.39, 0.29) is 5.91 Å². The molecule has 0 saturated heterocycles. The molecule has 4 rings (SSSR count). The van der Waals surface area contributed by atoms with Crippen LogP contribution in [-0.2, 0) is 0 Å². The summed E-state index contributed by atoms with van der Waals surface area (Å²) >= 11 is 1.39. The molecule has 0 aliphatic heterocycles. The van der Waals surface area contributed by atoms with Gasteiger partial charge in [-0.15, -0.1) is 11.3 Å². The maximum atomic E-state index is 12.6. The fourth-order valence-electron chi connectivity index (χ4n) is 2.62. The topological polar surface area (TPSA) is 54.9 Å². The second kappa shape index (κ2) is 6.45. The number of para-hydroxylation sites is 1. The summed E-state index contributed by atoms with van der Waals surface area (Å²) in [4.78, 5) is 22.3. The maximum Gasteiger partial charge on any atom is 0.268 e. The first-order valence-electron chi connectivity index (χ1n) is 7.91. The number of aromatic nitrogens is 2. The molecule has 2 heterocycles. The van der Waals surface area contributed by atoms with E-state index in [1.165, 1.54) is 11.3 Å². The van der Waals surface area contributed by atoms with Crippen molar-refractivity contribution in [2.24, 2.45) is 0 Å². The van der Waals surface area contributed by atoms with Crippen molar-refractivity contribution < 1.29 is 4.79 Å². The van der Waals surface area contributed by atoms with Gasteiger partial charge in [0, 0.05) is 10.9 Å². The van der Waals surface area contributed by atoms with Gasteiger partial charge in [0.15, 0.2) is 0 Å². The first-order chi connectivity index (χ1) is 12.2. The van der Waals surface area contributed by atoms with Crippen molar-refractivity contribution >= 4 is 34.0 Å². The fraction of sp³-hybridized carbons (Fsp3) is 0.0500. The molecule has 2 aromatic heterocycles. The number of amides is 1. The van der Waals surface area contributed by atoms with Crippen LogP contribution in [0.1, 0.15) is 15.4 Å². The lowest BCUT2D eigenvalue weighted by Gasteiger charge is -2.04. The van der Waals surface area contributed by atoms with E-state index in [2.05, 4.69) is 15.3 Å². The average molecular weight is 345 g/mol. The Labute approximate surface area is 149 Å². The number of nitrogens with one attached hydrogen (secondary N) is 1. The number of pyridine rings is 1. The van der Waals surface area contributed by atoms with E-state index in [1.54, 1.807) is 0 Å². The van der Waals surface area contributed by atoms with Crippen LogP contribution in [0.4, 0.5) is 5.82 Å². The predicted molar refractivity (Wildman–Crippen MR) is 102 cm³/mol. The van der Waals surface area contributed by atoms with Crippen LogP contribution in [0, 0.1) is 6.92 Å². The van der Waals surface area contributed by atoms with E-state index >= 15 is 0 Å². The molecule has 25 heavy (non-hydrogen) atoms. The van der Waals surface area contributed by atoms with Crippen LogP contribution in [-0.4, -0.2) is 15.9 Å². The molecule has 0 unspecified atom stereocenters. The highest BCUT2D eigenvalue weighted by molar-refractivity contribution is 7.17. The molecule has 0 aliphatic rings. The van der Waals surface area contributed by atoms with Crippen molar-refractivity contribution in [3.8, 4) is 10.6 Å². The normalized spacial score (nSPS) is 10.8. The van der Waals surface area contributed by atoms with Crippen molar-refractivity contribution in [3.63, 3.8) is 0 Å². The van der Waals surface area contributed by atoms with Crippen LogP contribution < -0.4 is 5.32 Å². The number of nitrogens with zero attached hydrogens (tertiary/aromatic N) is 2. The Morgan fingerprint density at radius 3 is 2.52 bits per heavy atom. The van der Waals surface area contributed by atoms with Crippen LogP contribution >= 0.6 is 11.3 Å². The first-order valence-corrected chi connectivity index (χ1v) is 8.72. The molecule has 0 bridgehead atoms. The monoisotopic (exact) mass is 345 g/mol. The summed E-state index contributed by atoms with van der Waals surface area (Å²) in [6.07, 6.45) is 0. The molecule has 0 radical (unpaired) electrons. The van der Waals surface area contributed by atoms with E-state index in [9.17, 15) is 4.79 Å². The first kappa shape index (κ1) is 15.5. The van der Waals surface area contributed by atoms with Crippen molar-refractivity contribution in [2.45, 2.75) is 6.92 Å². The SMILES string of the molecule is Cc1nc(-c2ccccc2)sc1C(=O)Nc1ccc2ccccc2n1. The molecule has 0 spiro atoms. The number of benzene rings is 2. The van der Waals surface area contributed by atoms with Crippen LogP contribution in [0.15, 0.2) is 66.7 Å². The Balaban J connectivity index is 1.61. The van der Waals surface area contributed by atoms with Crippen molar-refractivity contribution in [1.29, 1.82) is 0 Å². The smallest absolute Gasteiger partial charge is 0.268 e. The summed E-state index contributed by atoms with van der Waals surface area (Å²) < 4.78 is 0. The standard InChI is InChI=1S/C20H15N3OS/c1-13-18(25-20(21-13)15-8-3-2-4-9-15)19(24)23-17-12-11-14-7-5-6-10-16(14)22-17/h2-12H,1H3,(H,22,23,24). The third-order valence-electron chi connectivity index (χ3n) is 3.86. The summed E-state index contributed by atoms with van der Waals surface area (Å²) in [5.74, 6) is 0.359. The minimum absolute atomic E-state index is 0.181. The lowest BCUT2D eigenvalue weighted by atomic mass is 10.2. The lowest BCUT2D eigenvalue weighted by molar-refractivity contribution is 0.102. The van der Waals surface area contributed by atoms with E-state index in [4.69, 9.17) is 0 Å². The molecule has 0 aliphatic carbocycles. The molecule has 1 N–H and O–H groups in total. The number of thiazole rings is 1. The van der Waals surface area contributed by atoms with Gasteiger partial charge in [0.1, 0.15) is 15.7 Å². The molecular weight excluding hydrogens is 330 g/mol. The Kier molecular flexibility index (Phi) is 3.99. The van der Waals surface area contributed by atoms with Gasteiger partial charge in [-0.05, 0) is 25.1 Å². The van der Waals surface area contributed by atoms with Gasteiger partial charge in [-0.1, -0.05) is 48.5 Å². The highest BCUT2D eigenvalue weighted by Crippen LogP contribution is 2.28. The summed E-state index contributed by atoms with van der Waals surface area (Å²) in [6, 6.07) is 21.5. The summed E-state index contributed by atoms with van der Waals surface area (Å²) in [5, 5.41) is 4.76. The highest BCUT2D eigenvalue weighted by Gasteiger charge is 2.16. The van der Waals surface area contributed by atoms with Crippen molar-refractivity contribution in [3.05, 3.63) is 77.3 Å². The van der Waals surface area contributed by atoms with Gasteiger partial charge in [-0.3, -0.25) is 4.79 Å². The van der Waals surface area contributed by atoms with E-state index in [1.807, 2.05) is 73.7 Å². The molecule has 0 saturated carbocycles. The van der Waals surface area contributed by atoms with Gasteiger partial charge in [0.25, 0.3) is 5.91 Å². The van der Waals surface area contributed by atoms with Crippen molar-refractivity contribution in [1.82, 2.24) is 9.97 Å². The average Bonchev–Trinajstić information content (AvgIpc) is 3.04. The fourth-order valence-corrected chi connectivity index (χ4v) is 3.59. The van der Waals surface area contributed by atoms with Gasteiger partial charge in [-0.2, -0.15) is 0 Å². The van der Waals surface area contributed by atoms with Crippen molar-refractivity contribution in [2.75, 3.05) is 5.32 Å². The van der Waals surface area contributed by atoms with Crippen LogP contribution in [0.25, 0.3) is 21.5 Å². The number of fused-ring (bicyclic) bond motifs is 1. The number of hydrogen-bond donors (Lipinski definition) is 1. The van der Waals surface area contributed by atoms with E-state index < -0.39 is 0 Å². The highest BCUT2D eigenvalue weighted by atomic mass is 32.1. The van der Waals surface area contributed by atoms with Crippen LogP contribution in [0.2, 0.25) is 0 Å². The van der Waals surface area contributed by atoms with E-state index in [0.717, 1.165) is 27.2 Å². The Morgan fingerprint density at radius 2 is 1.68 bits per heavy atom. The summed E-state index contributed by atoms with van der Waals surface area (Å²) in [6.45, 7) is 1.85. The van der Waals surface area contributed by atoms with Gasteiger partial charge in [0.2, 0.25) is 0 Å². The Bertz CT molecular complexity index is 1060. The Morgan fingerprint density at radius 1 is 0.920 bits per heavy atom. The third kappa shape index (κ3) is 3.14. The van der Waals surface area contributed by atoms with Crippen LogP contribution in [0.5, 0.6) is 0 Å². The molecule has 0 fully saturated rings. The number of hydrogen-bond acceptors (Lipinski definition) is 4. The molecular formula is C20H15N3OS. The second-order valence-electron chi connectivity index (χ2n) is 5.64. The minimum Gasteiger partial charge on any atom is -0.306 e. The lowest BCUT2D eigenvalue weighted by Crippen LogP contribution is -2.12. The summed E-state index contributed by atoms with van der Waals surface area (Å²) in [5.41, 5.74) is 2.59. The van der Waals surface area contributed by atoms with Gasteiger partial charge in [-0.25, -0.2) is 9.97 Å². The predicted octanol–water partition coefficient (Wildman–Crippen LogP) is 4.92. The molecule has 4 nitrogen and oxygen atoms in total. The maximum absolute atomic E-state index is 12.6. The zero-order chi connectivity index (χ0) is 17.2. The van der Waals surface area contributed by atoms with E-state index in [0.29, 0.717) is 10.7 Å². The third-order valence-corrected chi connectivity index (χ3v) is 5.07. The number of aryl methyl sites for hydroxylation is 1. The quantitative estimate of drug-likeness (QED) is 0.573. The zero-order valence-corrected chi connectivity index (χ0v) is 14.4. The van der Waals surface area contributed by atoms with Gasteiger partial charge in [0.05, 0.1) is 11.2 Å². The largest absolute Gasteiger partial charge is 0.306 e. The summed E-state index contributed by atoms with van der Waals surface area (Å²) in [7, 11) is 0. The number of carbonyl (C=O) groups is 1.